The third-order valence-electron chi connectivity index (χ3n) is 7.54. The highest BCUT2D eigenvalue weighted by atomic mass is 32.1. The molecule has 6 rings (SSSR count). The van der Waals surface area contributed by atoms with E-state index in [9.17, 15) is 4.79 Å². The molecular weight excluding hydrogens is 400 g/mol. The second-order valence-electron chi connectivity index (χ2n) is 9.77. The number of carbonyl (C=O) groups is 1. The molecule has 1 aromatic heterocycles. The molecule has 6 heteroatoms. The van der Waals surface area contributed by atoms with E-state index in [1.807, 2.05) is 6.92 Å². The van der Waals surface area contributed by atoms with Crippen LogP contribution in [0.5, 0.6) is 0 Å². The smallest absolute Gasteiger partial charge is 0.341 e. The lowest BCUT2D eigenvalue weighted by Gasteiger charge is -2.57. The Labute approximate surface area is 183 Å². The van der Waals surface area contributed by atoms with Crippen LogP contribution in [0, 0.1) is 17.8 Å². The van der Waals surface area contributed by atoms with E-state index < -0.39 is 0 Å². The van der Waals surface area contributed by atoms with E-state index in [4.69, 9.17) is 17.0 Å². The summed E-state index contributed by atoms with van der Waals surface area (Å²) in [6.45, 7) is 2.27. The van der Waals surface area contributed by atoms with Gasteiger partial charge in [0.2, 0.25) is 0 Å². The summed E-state index contributed by atoms with van der Waals surface area (Å²) in [7, 11) is 0. The largest absolute Gasteiger partial charge is 0.462 e. The minimum Gasteiger partial charge on any atom is -0.462 e. The number of hydrogen-bond acceptors (Lipinski definition) is 4. The van der Waals surface area contributed by atoms with Gasteiger partial charge in [0, 0.05) is 10.4 Å². The molecule has 4 saturated carbocycles. The minimum absolute atomic E-state index is 0.178. The quantitative estimate of drug-likeness (QED) is 0.376. The Hall–Kier alpha value is -1.14. The standard InChI is InChI=1S/C23H32N2O2S2/c1-2-27-21(26)19-17-6-4-3-5-7-18(17)29-20(19)24-22(28)25-23-11-14-8-15(12-23)10-16(9-14)13-23/h14-16H,2-13H2,1H3,(H2,24,25,28). The van der Waals surface area contributed by atoms with Crippen molar-refractivity contribution in [1.82, 2.24) is 5.32 Å². The molecule has 0 aromatic carbocycles. The van der Waals surface area contributed by atoms with Crippen molar-refractivity contribution in [2.24, 2.45) is 17.8 Å². The molecule has 0 atom stereocenters. The van der Waals surface area contributed by atoms with Crippen molar-refractivity contribution in [3.8, 4) is 0 Å². The van der Waals surface area contributed by atoms with Gasteiger partial charge in [-0.2, -0.15) is 0 Å². The van der Waals surface area contributed by atoms with Crippen LogP contribution in [0.15, 0.2) is 0 Å². The van der Waals surface area contributed by atoms with Gasteiger partial charge in [0.05, 0.1) is 12.2 Å². The molecule has 0 unspecified atom stereocenters. The molecule has 4 fully saturated rings. The molecular formula is C23H32N2O2S2. The maximum absolute atomic E-state index is 12.8. The van der Waals surface area contributed by atoms with Gasteiger partial charge in [0.1, 0.15) is 5.00 Å². The van der Waals surface area contributed by atoms with E-state index in [0.29, 0.717) is 11.7 Å². The average molecular weight is 433 g/mol. The number of anilines is 1. The lowest BCUT2D eigenvalue weighted by molar-refractivity contribution is -0.00972. The van der Waals surface area contributed by atoms with Crippen molar-refractivity contribution in [2.75, 3.05) is 11.9 Å². The molecule has 158 valence electrons. The SMILES string of the molecule is CCOC(=O)c1c(NC(=S)NC23CC4CC(CC(C4)C2)C3)sc2c1CCCCC2. The fourth-order valence-corrected chi connectivity index (χ4v) is 8.55. The maximum atomic E-state index is 12.8. The zero-order valence-electron chi connectivity index (χ0n) is 17.4. The summed E-state index contributed by atoms with van der Waals surface area (Å²) in [5.41, 5.74) is 2.12. The van der Waals surface area contributed by atoms with E-state index in [0.717, 1.165) is 47.6 Å². The second-order valence-corrected chi connectivity index (χ2v) is 11.3. The van der Waals surface area contributed by atoms with Crippen molar-refractivity contribution < 1.29 is 9.53 Å². The van der Waals surface area contributed by atoms with Crippen molar-refractivity contribution in [3.05, 3.63) is 16.0 Å². The second kappa shape index (κ2) is 7.84. The summed E-state index contributed by atoms with van der Waals surface area (Å²) >= 11 is 7.49. The Morgan fingerprint density at radius 3 is 2.41 bits per heavy atom. The molecule has 29 heavy (non-hydrogen) atoms. The summed E-state index contributed by atoms with van der Waals surface area (Å²) in [6.07, 6.45) is 13.6. The number of ether oxygens (including phenoxy) is 1. The molecule has 2 N–H and O–H groups in total. The van der Waals surface area contributed by atoms with Crippen molar-refractivity contribution in [1.29, 1.82) is 0 Å². The number of thiophene rings is 1. The molecule has 0 aliphatic heterocycles. The molecule has 0 amide bonds. The number of aryl methyl sites for hydroxylation is 1. The summed E-state index contributed by atoms with van der Waals surface area (Å²) in [5.74, 6) is 2.44. The Morgan fingerprint density at radius 2 is 1.76 bits per heavy atom. The van der Waals surface area contributed by atoms with Gasteiger partial charge in [-0.3, -0.25) is 0 Å². The van der Waals surface area contributed by atoms with Crippen LogP contribution in [-0.4, -0.2) is 23.2 Å². The van der Waals surface area contributed by atoms with Gasteiger partial charge in [0.15, 0.2) is 5.11 Å². The first-order valence-electron chi connectivity index (χ1n) is 11.5. The zero-order valence-corrected chi connectivity index (χ0v) is 19.0. The van der Waals surface area contributed by atoms with Crippen LogP contribution in [0.1, 0.15) is 85.5 Å². The number of carbonyl (C=O) groups excluding carboxylic acids is 1. The van der Waals surface area contributed by atoms with Crippen LogP contribution in [-0.2, 0) is 17.6 Å². The lowest BCUT2D eigenvalue weighted by Crippen LogP contribution is -2.60. The molecule has 4 nitrogen and oxygen atoms in total. The number of nitrogens with one attached hydrogen (secondary N) is 2. The van der Waals surface area contributed by atoms with E-state index in [-0.39, 0.29) is 11.5 Å². The van der Waals surface area contributed by atoms with Crippen molar-refractivity contribution in [2.45, 2.75) is 83.1 Å². The van der Waals surface area contributed by atoms with Gasteiger partial charge in [-0.15, -0.1) is 11.3 Å². The van der Waals surface area contributed by atoms with Crippen molar-refractivity contribution in [3.63, 3.8) is 0 Å². The number of rotatable bonds is 4. The van der Waals surface area contributed by atoms with E-state index in [1.54, 1.807) is 11.3 Å². The monoisotopic (exact) mass is 432 g/mol. The minimum atomic E-state index is -0.202. The van der Waals surface area contributed by atoms with Crippen LogP contribution in [0.2, 0.25) is 0 Å². The highest BCUT2D eigenvalue weighted by molar-refractivity contribution is 7.80. The Balaban J connectivity index is 1.36. The summed E-state index contributed by atoms with van der Waals surface area (Å²) < 4.78 is 5.41. The highest BCUT2D eigenvalue weighted by Crippen LogP contribution is 2.55. The van der Waals surface area contributed by atoms with Gasteiger partial charge in [-0.05, 0) is 107 Å². The predicted octanol–water partition coefficient (Wildman–Crippen LogP) is 5.45. The third-order valence-corrected chi connectivity index (χ3v) is 8.96. The zero-order chi connectivity index (χ0) is 20.0. The first kappa shape index (κ1) is 19.8. The molecule has 0 saturated heterocycles. The predicted molar refractivity (Wildman–Crippen MR) is 122 cm³/mol. The van der Waals surface area contributed by atoms with E-state index >= 15 is 0 Å². The molecule has 5 aliphatic rings. The molecule has 1 aromatic rings. The average Bonchev–Trinajstić information content (AvgIpc) is 2.81. The number of fused-ring (bicyclic) bond motifs is 1. The summed E-state index contributed by atoms with van der Waals surface area (Å²) in [6, 6.07) is 0. The van der Waals surface area contributed by atoms with Crippen LogP contribution in [0.25, 0.3) is 0 Å². The normalized spacial score (nSPS) is 32.4. The van der Waals surface area contributed by atoms with Gasteiger partial charge < -0.3 is 15.4 Å². The maximum Gasteiger partial charge on any atom is 0.341 e. The topological polar surface area (TPSA) is 50.4 Å². The molecule has 4 bridgehead atoms. The Kier molecular flexibility index (Phi) is 5.35. The van der Waals surface area contributed by atoms with Crippen molar-refractivity contribution >= 4 is 39.6 Å². The summed E-state index contributed by atoms with van der Waals surface area (Å²) in [4.78, 5) is 14.1. The van der Waals surface area contributed by atoms with Crippen LogP contribution < -0.4 is 10.6 Å². The molecule has 0 spiro atoms. The number of thiocarbonyl (C=S) groups is 1. The molecule has 5 aliphatic carbocycles. The van der Waals surface area contributed by atoms with Gasteiger partial charge in [0.25, 0.3) is 0 Å². The van der Waals surface area contributed by atoms with Crippen LogP contribution in [0.4, 0.5) is 5.00 Å². The van der Waals surface area contributed by atoms with E-state index in [2.05, 4.69) is 10.6 Å². The number of esters is 1. The van der Waals surface area contributed by atoms with Crippen LogP contribution in [0.3, 0.4) is 0 Å². The summed E-state index contributed by atoms with van der Waals surface area (Å²) in [5, 5.41) is 8.75. The highest BCUT2D eigenvalue weighted by Gasteiger charge is 2.51. The van der Waals surface area contributed by atoms with E-state index in [1.165, 1.54) is 61.8 Å². The van der Waals surface area contributed by atoms with Crippen LogP contribution >= 0.6 is 23.6 Å². The van der Waals surface area contributed by atoms with Gasteiger partial charge >= 0.3 is 5.97 Å². The molecule has 0 radical (unpaired) electrons. The molecule has 1 heterocycles. The Bertz CT molecular complexity index is 781. The first-order chi connectivity index (χ1) is 14.0. The fraction of sp³-hybridized carbons (Fsp3) is 0.739. The first-order valence-corrected chi connectivity index (χ1v) is 12.7. The van der Waals surface area contributed by atoms with Gasteiger partial charge in [-0.25, -0.2) is 4.79 Å². The number of hydrogen-bond donors (Lipinski definition) is 2. The lowest BCUT2D eigenvalue weighted by atomic mass is 9.53. The fourth-order valence-electron chi connectivity index (χ4n) is 6.89. The third kappa shape index (κ3) is 3.83. The van der Waals surface area contributed by atoms with Gasteiger partial charge in [-0.1, -0.05) is 6.42 Å². The Morgan fingerprint density at radius 1 is 1.10 bits per heavy atom.